The number of likely N-dealkylation sites (N-methyl/N-ethyl adjacent to an activating group) is 1. The predicted molar refractivity (Wildman–Crippen MR) is 115 cm³/mol. The maximum atomic E-state index is 12.2. The molecule has 0 aliphatic rings. The third-order valence-electron chi connectivity index (χ3n) is 4.18. The molecule has 0 aliphatic heterocycles. The Labute approximate surface area is 177 Å². The van der Waals surface area contributed by atoms with Crippen LogP contribution in [0, 0.1) is 12.3 Å². The lowest BCUT2D eigenvalue weighted by atomic mass is 10.2. The average molecular weight is 429 g/mol. The minimum absolute atomic E-state index is 0.0765. The number of amides is 2. The highest BCUT2D eigenvalue weighted by atomic mass is 32.2. The van der Waals surface area contributed by atoms with Gasteiger partial charge in [-0.15, -0.1) is 6.42 Å². The molecule has 2 aromatic carbocycles. The van der Waals surface area contributed by atoms with Crippen LogP contribution in [0.15, 0.2) is 53.4 Å². The van der Waals surface area contributed by atoms with Crippen molar-refractivity contribution >= 4 is 27.3 Å². The molecular weight excluding hydrogens is 404 g/mol. The van der Waals surface area contributed by atoms with Crippen molar-refractivity contribution in [1.82, 2.24) is 4.90 Å². The van der Waals surface area contributed by atoms with Crippen molar-refractivity contribution in [2.45, 2.75) is 17.7 Å². The summed E-state index contributed by atoms with van der Waals surface area (Å²) in [6.45, 7) is 0.218. The van der Waals surface area contributed by atoms with Crippen molar-refractivity contribution in [3.8, 4) is 18.1 Å². The zero-order valence-corrected chi connectivity index (χ0v) is 17.7. The van der Waals surface area contributed by atoms with E-state index in [1.807, 2.05) is 0 Å². The van der Waals surface area contributed by atoms with Crippen molar-refractivity contribution in [2.24, 2.45) is 0 Å². The van der Waals surface area contributed by atoms with Gasteiger partial charge in [-0.2, -0.15) is 0 Å². The van der Waals surface area contributed by atoms with Gasteiger partial charge in [-0.05, 0) is 48.9 Å². The lowest BCUT2D eigenvalue weighted by molar-refractivity contribution is -0.133. The van der Waals surface area contributed by atoms with Gasteiger partial charge in [-0.25, -0.2) is 8.42 Å². The zero-order valence-electron chi connectivity index (χ0n) is 16.9. The molecule has 158 valence electrons. The van der Waals surface area contributed by atoms with Crippen LogP contribution in [-0.4, -0.2) is 51.6 Å². The summed E-state index contributed by atoms with van der Waals surface area (Å²) in [6, 6.07) is 13.0. The first-order chi connectivity index (χ1) is 14.2. The number of ether oxygens (including phenoxy) is 1. The molecule has 0 radical (unpaired) electrons. The van der Waals surface area contributed by atoms with E-state index in [1.54, 1.807) is 43.4 Å². The fourth-order valence-electron chi connectivity index (χ4n) is 2.58. The molecule has 0 saturated carbocycles. The number of hydrogen-bond donors (Lipinski definition) is 1. The molecule has 30 heavy (non-hydrogen) atoms. The topological polar surface area (TPSA) is 92.8 Å². The van der Waals surface area contributed by atoms with Gasteiger partial charge in [-0.3, -0.25) is 9.59 Å². The summed E-state index contributed by atoms with van der Waals surface area (Å²) < 4.78 is 28.4. The number of hydrogen-bond acceptors (Lipinski definition) is 5. The van der Waals surface area contributed by atoms with Crippen molar-refractivity contribution in [3.05, 3.63) is 54.1 Å². The monoisotopic (exact) mass is 428 g/mol. The second-order valence-electron chi connectivity index (χ2n) is 6.72. The highest BCUT2D eigenvalue weighted by Crippen LogP contribution is 2.16. The number of nitrogens with zero attached hydrogens (tertiary/aromatic N) is 1. The Morgan fingerprint density at radius 1 is 1.17 bits per heavy atom. The fraction of sp³-hybridized carbons (Fsp3) is 0.273. The number of terminal acetylenes is 1. The van der Waals surface area contributed by atoms with Gasteiger partial charge in [0.25, 0.3) is 0 Å². The molecule has 0 fully saturated rings. The summed E-state index contributed by atoms with van der Waals surface area (Å²) in [5.74, 6) is 2.52. The van der Waals surface area contributed by atoms with Crippen molar-refractivity contribution < 1.29 is 22.7 Å². The minimum Gasteiger partial charge on any atom is -0.494 e. The van der Waals surface area contributed by atoms with Gasteiger partial charge in [0, 0.05) is 31.0 Å². The molecule has 1 N–H and O–H groups in total. The number of benzene rings is 2. The number of anilines is 1. The standard InChI is InChI=1S/C22H24N2O5S/c1-4-17-7-5-8-18(15-17)23-21(25)16-24(2)22(26)9-6-14-29-19-10-12-20(13-11-19)30(3,27)28/h1,5,7-8,10-13,15H,6,9,14,16H2,2-3H3,(H,23,25). The van der Waals surface area contributed by atoms with Crippen LogP contribution in [0.3, 0.4) is 0 Å². The Balaban J connectivity index is 1.72. The van der Waals surface area contributed by atoms with E-state index < -0.39 is 9.84 Å². The fourth-order valence-corrected chi connectivity index (χ4v) is 3.21. The maximum absolute atomic E-state index is 12.2. The van der Waals surface area contributed by atoms with E-state index in [9.17, 15) is 18.0 Å². The van der Waals surface area contributed by atoms with Gasteiger partial charge in [0.05, 0.1) is 18.0 Å². The van der Waals surface area contributed by atoms with Crippen LogP contribution in [0.2, 0.25) is 0 Å². The van der Waals surface area contributed by atoms with Crippen LogP contribution >= 0.6 is 0 Å². The van der Waals surface area contributed by atoms with Crippen molar-refractivity contribution in [1.29, 1.82) is 0 Å². The number of nitrogens with one attached hydrogen (secondary N) is 1. The van der Waals surface area contributed by atoms with E-state index in [4.69, 9.17) is 11.2 Å². The van der Waals surface area contributed by atoms with Crippen molar-refractivity contribution in [2.75, 3.05) is 31.8 Å². The van der Waals surface area contributed by atoms with E-state index in [0.717, 1.165) is 6.26 Å². The largest absolute Gasteiger partial charge is 0.494 e. The van der Waals surface area contributed by atoms with Gasteiger partial charge >= 0.3 is 0 Å². The molecule has 0 aromatic heterocycles. The molecule has 0 unspecified atom stereocenters. The average Bonchev–Trinajstić information content (AvgIpc) is 2.70. The molecule has 0 saturated heterocycles. The van der Waals surface area contributed by atoms with E-state index in [1.165, 1.54) is 17.0 Å². The third-order valence-corrected chi connectivity index (χ3v) is 5.30. The molecule has 2 rings (SSSR count). The lowest BCUT2D eigenvalue weighted by Gasteiger charge is -2.17. The summed E-state index contributed by atoms with van der Waals surface area (Å²) in [5, 5.41) is 2.71. The second-order valence-corrected chi connectivity index (χ2v) is 8.73. The molecule has 0 bridgehead atoms. The predicted octanol–water partition coefficient (Wildman–Crippen LogP) is 2.33. The summed E-state index contributed by atoms with van der Waals surface area (Å²) in [6.07, 6.45) is 7.16. The van der Waals surface area contributed by atoms with Crippen LogP contribution in [-0.2, 0) is 19.4 Å². The Bertz CT molecular complexity index is 1040. The molecule has 7 nitrogen and oxygen atoms in total. The normalized spacial score (nSPS) is 10.7. The first-order valence-corrected chi connectivity index (χ1v) is 11.1. The molecule has 2 amide bonds. The maximum Gasteiger partial charge on any atom is 0.243 e. The molecule has 0 aliphatic carbocycles. The summed E-state index contributed by atoms with van der Waals surface area (Å²) in [5.41, 5.74) is 1.23. The van der Waals surface area contributed by atoms with Crippen LogP contribution in [0.25, 0.3) is 0 Å². The zero-order chi connectivity index (χ0) is 22.1. The number of sulfone groups is 1. The number of carbonyl (C=O) groups is 2. The Kier molecular flexibility index (Phi) is 8.01. The molecule has 0 heterocycles. The van der Waals surface area contributed by atoms with Crippen LogP contribution in [0.5, 0.6) is 5.75 Å². The first kappa shape index (κ1) is 23.0. The van der Waals surface area contributed by atoms with Crippen LogP contribution in [0.1, 0.15) is 18.4 Å². The van der Waals surface area contributed by atoms with Gasteiger partial charge < -0.3 is 15.0 Å². The van der Waals surface area contributed by atoms with E-state index >= 15 is 0 Å². The Morgan fingerprint density at radius 3 is 2.50 bits per heavy atom. The molecule has 0 atom stereocenters. The van der Waals surface area contributed by atoms with Crippen LogP contribution in [0.4, 0.5) is 5.69 Å². The molecule has 0 spiro atoms. The summed E-state index contributed by atoms with van der Waals surface area (Å²) >= 11 is 0. The summed E-state index contributed by atoms with van der Waals surface area (Å²) in [4.78, 5) is 25.9. The SMILES string of the molecule is C#Cc1cccc(NC(=O)CN(C)C(=O)CCCOc2ccc(S(C)(=O)=O)cc2)c1. The van der Waals surface area contributed by atoms with E-state index in [2.05, 4.69) is 11.2 Å². The second kappa shape index (κ2) is 10.5. The smallest absolute Gasteiger partial charge is 0.243 e. The van der Waals surface area contributed by atoms with Gasteiger partial charge in [0.1, 0.15) is 5.75 Å². The van der Waals surface area contributed by atoms with Crippen LogP contribution < -0.4 is 10.1 Å². The van der Waals surface area contributed by atoms with Gasteiger partial charge in [0.15, 0.2) is 9.84 Å². The Hall–Kier alpha value is -3.31. The molecule has 2 aromatic rings. The first-order valence-electron chi connectivity index (χ1n) is 9.22. The quantitative estimate of drug-likeness (QED) is 0.489. The van der Waals surface area contributed by atoms with Crippen molar-refractivity contribution in [3.63, 3.8) is 0 Å². The summed E-state index contributed by atoms with van der Waals surface area (Å²) in [7, 11) is -1.69. The Morgan fingerprint density at radius 2 is 1.87 bits per heavy atom. The molecular formula is C22H24N2O5S. The van der Waals surface area contributed by atoms with Gasteiger partial charge in [-0.1, -0.05) is 12.0 Å². The number of carbonyl (C=O) groups excluding carboxylic acids is 2. The highest BCUT2D eigenvalue weighted by molar-refractivity contribution is 7.90. The van der Waals surface area contributed by atoms with E-state index in [-0.39, 0.29) is 29.7 Å². The van der Waals surface area contributed by atoms with Gasteiger partial charge in [0.2, 0.25) is 11.8 Å². The lowest BCUT2D eigenvalue weighted by Crippen LogP contribution is -2.35. The third kappa shape index (κ3) is 7.26. The minimum atomic E-state index is -3.25. The molecule has 8 heteroatoms. The highest BCUT2D eigenvalue weighted by Gasteiger charge is 2.13. The number of rotatable bonds is 9. The van der Waals surface area contributed by atoms with E-state index in [0.29, 0.717) is 30.0 Å².